The highest BCUT2D eigenvalue weighted by atomic mass is 32.2. The van der Waals surface area contributed by atoms with Crippen molar-refractivity contribution in [2.75, 3.05) is 0 Å². The molecule has 3 rings (SSSR count). The topological polar surface area (TPSA) is 43.8 Å². The van der Waals surface area contributed by atoms with Gasteiger partial charge in [-0.3, -0.25) is 4.68 Å². The Bertz CT molecular complexity index is 524. The molecule has 94 valence electrons. The van der Waals surface area contributed by atoms with E-state index < -0.39 is 0 Å². The second-order valence-corrected chi connectivity index (χ2v) is 5.85. The van der Waals surface area contributed by atoms with E-state index in [1.54, 1.807) is 0 Å². The van der Waals surface area contributed by atoms with Gasteiger partial charge < -0.3 is 5.73 Å². The van der Waals surface area contributed by atoms with Gasteiger partial charge in [-0.1, -0.05) is 18.2 Å². The van der Waals surface area contributed by atoms with E-state index in [4.69, 9.17) is 5.73 Å². The van der Waals surface area contributed by atoms with Crippen LogP contribution < -0.4 is 5.73 Å². The van der Waals surface area contributed by atoms with Crippen molar-refractivity contribution >= 4 is 11.8 Å². The van der Waals surface area contributed by atoms with E-state index in [1.807, 2.05) is 28.7 Å². The predicted molar refractivity (Wildman–Crippen MR) is 74.6 cm³/mol. The van der Waals surface area contributed by atoms with Crippen LogP contribution in [0, 0.1) is 0 Å². The van der Waals surface area contributed by atoms with E-state index in [1.165, 1.54) is 10.5 Å². The standard InChI is InChI=1S/C14H17N3S/c1-2-17-11(7-8-16-17)14(15)13-9-10-5-3-4-6-12(10)18-13/h3-8,13-14H,2,9,15H2,1H3. The number of benzene rings is 1. The Morgan fingerprint density at radius 3 is 3.06 bits per heavy atom. The second-order valence-electron chi connectivity index (χ2n) is 4.57. The zero-order valence-electron chi connectivity index (χ0n) is 10.4. The molecule has 0 amide bonds. The van der Waals surface area contributed by atoms with Crippen LogP contribution in [0.25, 0.3) is 0 Å². The van der Waals surface area contributed by atoms with Crippen LogP contribution in [-0.4, -0.2) is 15.0 Å². The highest BCUT2D eigenvalue weighted by Gasteiger charge is 2.29. The summed E-state index contributed by atoms with van der Waals surface area (Å²) in [7, 11) is 0. The molecule has 4 heteroatoms. The van der Waals surface area contributed by atoms with E-state index in [-0.39, 0.29) is 6.04 Å². The lowest BCUT2D eigenvalue weighted by Gasteiger charge is -2.19. The van der Waals surface area contributed by atoms with Crippen molar-refractivity contribution < 1.29 is 0 Å². The summed E-state index contributed by atoms with van der Waals surface area (Å²) in [5.74, 6) is 0. The third kappa shape index (κ3) is 1.95. The Balaban J connectivity index is 1.82. The van der Waals surface area contributed by atoms with Crippen molar-refractivity contribution in [2.24, 2.45) is 5.73 Å². The van der Waals surface area contributed by atoms with E-state index in [9.17, 15) is 0 Å². The number of rotatable bonds is 3. The summed E-state index contributed by atoms with van der Waals surface area (Å²) in [6.45, 7) is 2.97. The molecule has 0 radical (unpaired) electrons. The molecular formula is C14H17N3S. The zero-order valence-corrected chi connectivity index (χ0v) is 11.2. The molecule has 2 atom stereocenters. The first-order valence-electron chi connectivity index (χ1n) is 6.31. The van der Waals surface area contributed by atoms with Gasteiger partial charge in [0.25, 0.3) is 0 Å². The van der Waals surface area contributed by atoms with Gasteiger partial charge in [-0.15, -0.1) is 11.8 Å². The van der Waals surface area contributed by atoms with Crippen molar-refractivity contribution in [1.82, 2.24) is 9.78 Å². The Labute approximate surface area is 111 Å². The average Bonchev–Trinajstić information content (AvgIpc) is 3.03. The molecule has 0 saturated carbocycles. The maximum Gasteiger partial charge on any atom is 0.0594 e. The minimum Gasteiger partial charge on any atom is -0.322 e. The smallest absolute Gasteiger partial charge is 0.0594 e. The predicted octanol–water partition coefficient (Wildman–Crippen LogP) is 2.62. The van der Waals surface area contributed by atoms with Crippen molar-refractivity contribution in [3.05, 3.63) is 47.8 Å². The summed E-state index contributed by atoms with van der Waals surface area (Å²) < 4.78 is 1.99. The number of nitrogens with two attached hydrogens (primary N) is 1. The molecule has 0 bridgehead atoms. The Kier molecular flexibility index (Phi) is 3.14. The molecule has 1 aromatic carbocycles. The van der Waals surface area contributed by atoms with Crippen molar-refractivity contribution in [3.63, 3.8) is 0 Å². The van der Waals surface area contributed by atoms with Gasteiger partial charge in [-0.05, 0) is 31.0 Å². The molecule has 0 spiro atoms. The summed E-state index contributed by atoms with van der Waals surface area (Å²) in [6.07, 6.45) is 2.89. The Hall–Kier alpha value is -1.26. The number of aryl methyl sites for hydroxylation is 1. The number of thioether (sulfide) groups is 1. The fraction of sp³-hybridized carbons (Fsp3) is 0.357. The first-order chi connectivity index (χ1) is 8.79. The van der Waals surface area contributed by atoms with Crippen LogP contribution in [0.3, 0.4) is 0 Å². The van der Waals surface area contributed by atoms with Crippen LogP contribution in [0.2, 0.25) is 0 Å². The second kappa shape index (κ2) is 4.78. The lowest BCUT2D eigenvalue weighted by Crippen LogP contribution is -2.26. The van der Waals surface area contributed by atoms with Gasteiger partial charge in [-0.2, -0.15) is 5.10 Å². The number of aromatic nitrogens is 2. The van der Waals surface area contributed by atoms with Crippen LogP contribution in [-0.2, 0) is 13.0 Å². The normalized spacial score (nSPS) is 19.8. The lowest BCUT2D eigenvalue weighted by atomic mass is 10.0. The first kappa shape index (κ1) is 11.8. The fourth-order valence-electron chi connectivity index (χ4n) is 2.49. The zero-order chi connectivity index (χ0) is 12.5. The molecule has 2 unspecified atom stereocenters. The molecule has 1 aliphatic rings. The summed E-state index contributed by atoms with van der Waals surface area (Å²) in [5, 5.41) is 4.72. The molecule has 2 N–H and O–H groups in total. The first-order valence-corrected chi connectivity index (χ1v) is 7.19. The summed E-state index contributed by atoms with van der Waals surface area (Å²) in [4.78, 5) is 1.38. The molecule has 18 heavy (non-hydrogen) atoms. The van der Waals surface area contributed by atoms with Gasteiger partial charge in [0.2, 0.25) is 0 Å². The van der Waals surface area contributed by atoms with E-state index >= 15 is 0 Å². The minimum atomic E-state index is 0.0462. The summed E-state index contributed by atoms with van der Waals surface area (Å²) in [5.41, 5.74) is 8.98. The maximum atomic E-state index is 6.42. The molecule has 0 aliphatic carbocycles. The van der Waals surface area contributed by atoms with Crippen molar-refractivity contribution in [2.45, 2.75) is 36.1 Å². The van der Waals surface area contributed by atoms with Gasteiger partial charge in [0.05, 0.1) is 11.7 Å². The number of nitrogens with zero attached hydrogens (tertiary/aromatic N) is 2. The van der Waals surface area contributed by atoms with E-state index in [2.05, 4.69) is 36.3 Å². The number of fused-ring (bicyclic) bond motifs is 1. The van der Waals surface area contributed by atoms with Crippen molar-refractivity contribution in [1.29, 1.82) is 0 Å². The lowest BCUT2D eigenvalue weighted by molar-refractivity contribution is 0.558. The molecule has 1 aliphatic heterocycles. The number of hydrogen-bond acceptors (Lipinski definition) is 3. The molecule has 0 fully saturated rings. The molecular weight excluding hydrogens is 242 g/mol. The monoisotopic (exact) mass is 259 g/mol. The third-order valence-corrected chi connectivity index (χ3v) is 4.88. The van der Waals surface area contributed by atoms with E-state index in [0.717, 1.165) is 18.7 Å². The highest BCUT2D eigenvalue weighted by Crippen LogP contribution is 2.41. The highest BCUT2D eigenvalue weighted by molar-refractivity contribution is 8.00. The van der Waals surface area contributed by atoms with Crippen LogP contribution in [0.15, 0.2) is 41.4 Å². The minimum absolute atomic E-state index is 0.0462. The molecule has 2 aromatic rings. The van der Waals surface area contributed by atoms with Crippen molar-refractivity contribution in [3.8, 4) is 0 Å². The largest absolute Gasteiger partial charge is 0.322 e. The van der Waals surface area contributed by atoms with Gasteiger partial charge in [0.1, 0.15) is 0 Å². The quantitative estimate of drug-likeness (QED) is 0.921. The fourth-order valence-corrected chi connectivity index (χ4v) is 3.82. The van der Waals surface area contributed by atoms with E-state index in [0.29, 0.717) is 5.25 Å². The molecule has 0 saturated heterocycles. The maximum absolute atomic E-state index is 6.42. The van der Waals surface area contributed by atoms with Crippen LogP contribution in [0.4, 0.5) is 0 Å². The van der Waals surface area contributed by atoms with Crippen LogP contribution >= 0.6 is 11.8 Å². The SMILES string of the molecule is CCn1nccc1C(N)C1Cc2ccccc2S1. The van der Waals surface area contributed by atoms with Gasteiger partial charge in [-0.25, -0.2) is 0 Å². The van der Waals surface area contributed by atoms with Crippen LogP contribution in [0.5, 0.6) is 0 Å². The van der Waals surface area contributed by atoms with Gasteiger partial charge in [0.15, 0.2) is 0 Å². The molecule has 1 aromatic heterocycles. The van der Waals surface area contributed by atoms with Gasteiger partial charge >= 0.3 is 0 Å². The Morgan fingerprint density at radius 1 is 1.44 bits per heavy atom. The summed E-state index contributed by atoms with van der Waals surface area (Å²) in [6, 6.07) is 10.7. The Morgan fingerprint density at radius 2 is 2.28 bits per heavy atom. The number of hydrogen-bond donors (Lipinski definition) is 1. The van der Waals surface area contributed by atoms with Gasteiger partial charge in [0, 0.05) is 22.9 Å². The van der Waals surface area contributed by atoms with Crippen LogP contribution in [0.1, 0.15) is 24.2 Å². The molecule has 3 nitrogen and oxygen atoms in total. The third-order valence-electron chi connectivity index (χ3n) is 3.46. The molecule has 2 heterocycles. The average molecular weight is 259 g/mol. The summed E-state index contributed by atoms with van der Waals surface area (Å²) >= 11 is 1.90.